The number of aliphatic hydroxyl groups is 1. The highest BCUT2D eigenvalue weighted by Crippen LogP contribution is 2.35. The van der Waals surface area contributed by atoms with E-state index in [1.165, 1.54) is 0 Å². The highest BCUT2D eigenvalue weighted by molar-refractivity contribution is 5.98. The van der Waals surface area contributed by atoms with Gasteiger partial charge >= 0.3 is 0 Å². The fourth-order valence-electron chi connectivity index (χ4n) is 3.62. The minimum Gasteiger partial charge on any atom is -0.507 e. The topological polar surface area (TPSA) is 120 Å². The number of amides is 1. The highest BCUT2D eigenvalue weighted by Gasteiger charge is 2.18. The van der Waals surface area contributed by atoms with E-state index in [4.69, 9.17) is 4.74 Å². The molecular formula is C25H26N4O4. The van der Waals surface area contributed by atoms with Gasteiger partial charge in [0, 0.05) is 17.3 Å². The third kappa shape index (κ3) is 4.51. The number of ether oxygens (including phenoxy) is 1. The molecule has 2 heterocycles. The van der Waals surface area contributed by atoms with Crippen LogP contribution in [0.25, 0.3) is 33.5 Å². The van der Waals surface area contributed by atoms with E-state index in [0.29, 0.717) is 33.9 Å². The van der Waals surface area contributed by atoms with Crippen LogP contribution in [0.5, 0.6) is 11.6 Å². The highest BCUT2D eigenvalue weighted by atomic mass is 16.5. The van der Waals surface area contributed by atoms with Gasteiger partial charge in [0.1, 0.15) is 11.6 Å². The Bertz CT molecular complexity index is 1300. The fraction of sp³-hybridized carbons (Fsp3) is 0.240. The largest absolute Gasteiger partial charge is 0.507 e. The number of carbonyl (C=O) groups is 1. The molecule has 0 aliphatic heterocycles. The summed E-state index contributed by atoms with van der Waals surface area (Å²) in [4.78, 5) is 24.7. The van der Waals surface area contributed by atoms with E-state index in [-0.39, 0.29) is 30.2 Å². The maximum Gasteiger partial charge on any atom is 0.251 e. The standard InChI is InChI=1S/C25H26N4O4/c1-14(2)21(13-30)29-24(32)16-6-8-19-20(12-16)28-23(27-19)18-11-15(7-9-22(18)31)17-5-4-10-26-25(17)33-3/h4-12,14,21,30-31H,13H2,1-3H3,(H,27,28)(H,29,32)/t21-/m1/s1. The fourth-order valence-corrected chi connectivity index (χ4v) is 3.62. The third-order valence-corrected chi connectivity index (χ3v) is 5.59. The van der Waals surface area contributed by atoms with Gasteiger partial charge in [-0.2, -0.15) is 0 Å². The van der Waals surface area contributed by atoms with Crippen LogP contribution < -0.4 is 10.1 Å². The van der Waals surface area contributed by atoms with Crippen LogP contribution in [0.3, 0.4) is 0 Å². The molecule has 2 aromatic heterocycles. The Balaban J connectivity index is 1.69. The normalized spacial score (nSPS) is 12.2. The predicted molar refractivity (Wildman–Crippen MR) is 126 cm³/mol. The number of phenolic OH excluding ortho intramolecular Hbond substituents is 1. The summed E-state index contributed by atoms with van der Waals surface area (Å²) in [5.41, 5.74) is 3.90. The van der Waals surface area contributed by atoms with Crippen molar-refractivity contribution < 1.29 is 19.7 Å². The number of aromatic nitrogens is 3. The minimum absolute atomic E-state index is 0.0707. The van der Waals surface area contributed by atoms with Crippen LogP contribution in [0.15, 0.2) is 54.7 Å². The van der Waals surface area contributed by atoms with Crippen LogP contribution in [0, 0.1) is 5.92 Å². The first kappa shape index (κ1) is 22.3. The number of H-pyrrole nitrogens is 1. The summed E-state index contributed by atoms with van der Waals surface area (Å²) in [5.74, 6) is 0.864. The number of nitrogens with one attached hydrogen (secondary N) is 2. The Morgan fingerprint density at radius 2 is 1.97 bits per heavy atom. The van der Waals surface area contributed by atoms with Crippen molar-refractivity contribution in [3.05, 3.63) is 60.3 Å². The van der Waals surface area contributed by atoms with Crippen LogP contribution in [0.4, 0.5) is 0 Å². The van der Waals surface area contributed by atoms with Gasteiger partial charge in [-0.05, 0) is 53.9 Å². The van der Waals surface area contributed by atoms with E-state index >= 15 is 0 Å². The zero-order valence-corrected chi connectivity index (χ0v) is 18.7. The number of methoxy groups -OCH3 is 1. The lowest BCUT2D eigenvalue weighted by atomic mass is 10.0. The monoisotopic (exact) mass is 446 g/mol. The quantitative estimate of drug-likeness (QED) is 0.343. The van der Waals surface area contributed by atoms with Gasteiger partial charge in [0.2, 0.25) is 5.88 Å². The van der Waals surface area contributed by atoms with Gasteiger partial charge in [-0.3, -0.25) is 4.79 Å². The molecule has 170 valence electrons. The van der Waals surface area contributed by atoms with Crippen molar-refractivity contribution >= 4 is 16.9 Å². The molecule has 2 aromatic carbocycles. The molecular weight excluding hydrogens is 420 g/mol. The number of rotatable bonds is 7. The second kappa shape index (κ2) is 9.30. The molecule has 4 N–H and O–H groups in total. The van der Waals surface area contributed by atoms with Gasteiger partial charge in [0.25, 0.3) is 5.91 Å². The van der Waals surface area contributed by atoms with E-state index in [9.17, 15) is 15.0 Å². The molecule has 8 nitrogen and oxygen atoms in total. The number of nitrogens with zero attached hydrogens (tertiary/aromatic N) is 2. The number of aliphatic hydroxyl groups excluding tert-OH is 1. The summed E-state index contributed by atoms with van der Waals surface area (Å²) < 4.78 is 5.36. The number of phenols is 1. The van der Waals surface area contributed by atoms with Crippen LogP contribution in [-0.2, 0) is 0 Å². The lowest BCUT2D eigenvalue weighted by Gasteiger charge is -2.19. The molecule has 0 aliphatic rings. The first-order chi connectivity index (χ1) is 15.9. The zero-order valence-electron chi connectivity index (χ0n) is 18.7. The Morgan fingerprint density at radius 3 is 2.70 bits per heavy atom. The van der Waals surface area contributed by atoms with Crippen LogP contribution in [-0.4, -0.2) is 50.8 Å². The summed E-state index contributed by atoms with van der Waals surface area (Å²) in [7, 11) is 1.56. The van der Waals surface area contributed by atoms with Crippen molar-refractivity contribution in [1.82, 2.24) is 20.3 Å². The second-order valence-corrected chi connectivity index (χ2v) is 8.12. The lowest BCUT2D eigenvalue weighted by molar-refractivity contribution is 0.0897. The summed E-state index contributed by atoms with van der Waals surface area (Å²) in [6.45, 7) is 3.75. The van der Waals surface area contributed by atoms with Crippen molar-refractivity contribution in [3.63, 3.8) is 0 Å². The molecule has 0 radical (unpaired) electrons. The number of hydrogen-bond donors (Lipinski definition) is 4. The maximum atomic E-state index is 12.6. The van der Waals surface area contributed by atoms with E-state index < -0.39 is 0 Å². The molecule has 1 atom stereocenters. The van der Waals surface area contributed by atoms with Crippen LogP contribution in [0.2, 0.25) is 0 Å². The predicted octanol–water partition coefficient (Wildman–Crippen LogP) is 3.75. The number of benzene rings is 2. The van der Waals surface area contributed by atoms with Gasteiger partial charge in [-0.1, -0.05) is 19.9 Å². The van der Waals surface area contributed by atoms with E-state index in [1.807, 2.05) is 32.0 Å². The Kier molecular flexibility index (Phi) is 6.28. The molecule has 0 saturated carbocycles. The average Bonchev–Trinajstić information content (AvgIpc) is 3.25. The SMILES string of the molecule is COc1ncccc1-c1ccc(O)c(-c2nc3ccc(C(=O)N[C@H](CO)C(C)C)cc3[nH]2)c1. The van der Waals surface area contributed by atoms with Crippen molar-refractivity contribution in [2.75, 3.05) is 13.7 Å². The molecule has 0 aliphatic carbocycles. The van der Waals surface area contributed by atoms with Gasteiger partial charge in [-0.25, -0.2) is 9.97 Å². The van der Waals surface area contributed by atoms with Gasteiger partial charge in [0.05, 0.1) is 36.4 Å². The number of hydrogen-bond acceptors (Lipinski definition) is 6. The summed E-state index contributed by atoms with van der Waals surface area (Å²) >= 11 is 0. The Labute approximate surface area is 191 Å². The van der Waals surface area contributed by atoms with Crippen molar-refractivity contribution in [2.24, 2.45) is 5.92 Å². The minimum atomic E-state index is -0.324. The van der Waals surface area contributed by atoms with Gasteiger partial charge in [-0.15, -0.1) is 0 Å². The second-order valence-electron chi connectivity index (χ2n) is 8.12. The maximum absolute atomic E-state index is 12.6. The van der Waals surface area contributed by atoms with Crippen LogP contribution >= 0.6 is 0 Å². The molecule has 8 heteroatoms. The van der Waals surface area contributed by atoms with Crippen LogP contribution in [0.1, 0.15) is 24.2 Å². The molecule has 4 aromatic rings. The van der Waals surface area contributed by atoms with Crippen molar-refractivity contribution in [2.45, 2.75) is 19.9 Å². The van der Waals surface area contributed by atoms with Gasteiger partial charge in [0.15, 0.2) is 0 Å². The first-order valence-electron chi connectivity index (χ1n) is 10.7. The zero-order chi connectivity index (χ0) is 23.5. The molecule has 0 fully saturated rings. The average molecular weight is 447 g/mol. The van der Waals surface area contributed by atoms with Crippen molar-refractivity contribution in [3.8, 4) is 34.1 Å². The molecule has 1 amide bonds. The number of imidazole rings is 1. The number of pyridine rings is 1. The molecule has 0 spiro atoms. The van der Waals surface area contributed by atoms with E-state index in [2.05, 4.69) is 20.3 Å². The molecule has 4 rings (SSSR count). The third-order valence-electron chi connectivity index (χ3n) is 5.59. The smallest absolute Gasteiger partial charge is 0.251 e. The lowest BCUT2D eigenvalue weighted by Crippen LogP contribution is -2.41. The number of aromatic amines is 1. The van der Waals surface area contributed by atoms with Gasteiger partial charge < -0.3 is 25.3 Å². The number of carbonyl (C=O) groups excluding carboxylic acids is 1. The summed E-state index contributed by atoms with van der Waals surface area (Å²) in [5, 5.41) is 22.9. The summed E-state index contributed by atoms with van der Waals surface area (Å²) in [6, 6.07) is 13.7. The molecule has 0 saturated heterocycles. The van der Waals surface area contributed by atoms with E-state index in [1.54, 1.807) is 43.6 Å². The van der Waals surface area contributed by atoms with E-state index in [0.717, 1.165) is 11.1 Å². The number of fused-ring (bicyclic) bond motifs is 1. The summed E-state index contributed by atoms with van der Waals surface area (Å²) in [6.07, 6.45) is 1.65. The Morgan fingerprint density at radius 1 is 1.15 bits per heavy atom. The number of aromatic hydroxyl groups is 1. The molecule has 33 heavy (non-hydrogen) atoms. The van der Waals surface area contributed by atoms with Crippen molar-refractivity contribution in [1.29, 1.82) is 0 Å². The molecule has 0 unspecified atom stereocenters. The Hall–Kier alpha value is -3.91. The molecule has 0 bridgehead atoms. The first-order valence-corrected chi connectivity index (χ1v) is 10.7.